The van der Waals surface area contributed by atoms with Crippen LogP contribution in [0.5, 0.6) is 0 Å². The Labute approximate surface area is 61.8 Å². The zero-order valence-electron chi connectivity index (χ0n) is 6.76. The van der Waals surface area contributed by atoms with Crippen molar-refractivity contribution in [1.82, 2.24) is 0 Å². The molecular weight excluding hydrogens is 128 g/mol. The molecule has 0 aliphatic carbocycles. The number of methoxy groups -OCH3 is 1. The van der Waals surface area contributed by atoms with E-state index in [-0.39, 0.29) is 0 Å². The van der Waals surface area contributed by atoms with Crippen LogP contribution in [0.2, 0.25) is 0 Å². The Morgan fingerprint density at radius 1 is 1.50 bits per heavy atom. The van der Waals surface area contributed by atoms with Crippen molar-refractivity contribution >= 4 is 0 Å². The Bertz CT molecular complexity index is 133. The average Bonchev–Trinajstić information content (AvgIpc) is 2.46. The van der Waals surface area contributed by atoms with Gasteiger partial charge in [-0.25, -0.2) is 0 Å². The van der Waals surface area contributed by atoms with Crippen LogP contribution in [0, 0.1) is 0 Å². The number of furan rings is 1. The first-order valence-corrected chi connectivity index (χ1v) is 3.43. The third-order valence-electron chi connectivity index (χ3n) is 0.891. The van der Waals surface area contributed by atoms with Crippen molar-refractivity contribution in [2.24, 2.45) is 0 Å². The predicted molar refractivity (Wildman–Crippen MR) is 40.8 cm³/mol. The van der Waals surface area contributed by atoms with Crippen LogP contribution in [0.3, 0.4) is 0 Å². The first-order chi connectivity index (χ1) is 4.93. The van der Waals surface area contributed by atoms with Gasteiger partial charge in [0.05, 0.1) is 19.1 Å². The van der Waals surface area contributed by atoms with Gasteiger partial charge in [-0.05, 0) is 6.07 Å². The maximum atomic E-state index is 4.83. The van der Waals surface area contributed by atoms with Crippen molar-refractivity contribution in [3.63, 3.8) is 0 Å². The second-order valence-electron chi connectivity index (χ2n) is 1.56. The summed E-state index contributed by atoms with van der Waals surface area (Å²) in [6, 6.07) is 1.88. The van der Waals surface area contributed by atoms with E-state index in [4.69, 9.17) is 9.15 Å². The summed E-state index contributed by atoms with van der Waals surface area (Å²) in [7, 11) is 1.66. The third kappa shape index (κ3) is 3.30. The fourth-order valence-electron chi connectivity index (χ4n) is 0.541. The van der Waals surface area contributed by atoms with Crippen LogP contribution in [-0.2, 0) is 11.3 Å². The highest BCUT2D eigenvalue weighted by molar-refractivity contribution is 5.02. The van der Waals surface area contributed by atoms with E-state index in [1.54, 1.807) is 19.6 Å². The normalized spacial score (nSPS) is 8.30. The number of hydrogen-bond donors (Lipinski definition) is 0. The van der Waals surface area contributed by atoms with Gasteiger partial charge in [-0.2, -0.15) is 0 Å². The largest absolute Gasteiger partial charge is 0.472 e. The molecule has 58 valence electrons. The summed E-state index contributed by atoms with van der Waals surface area (Å²) in [5, 5.41) is 0. The van der Waals surface area contributed by atoms with Crippen molar-refractivity contribution in [3.05, 3.63) is 24.2 Å². The standard InChI is InChI=1S/C6H8O2.C2H6/c1-7-4-6-2-3-8-5-6;1-2/h2-3,5H,4H2,1H3;1-2H3. The highest BCUT2D eigenvalue weighted by atomic mass is 16.5. The van der Waals surface area contributed by atoms with Gasteiger partial charge < -0.3 is 9.15 Å². The molecule has 10 heavy (non-hydrogen) atoms. The van der Waals surface area contributed by atoms with Crippen LogP contribution in [0.4, 0.5) is 0 Å². The van der Waals surface area contributed by atoms with Gasteiger partial charge in [0.15, 0.2) is 0 Å². The molecule has 0 aliphatic heterocycles. The molecule has 1 aromatic heterocycles. The van der Waals surface area contributed by atoms with Crippen LogP contribution in [0.25, 0.3) is 0 Å². The van der Waals surface area contributed by atoms with Crippen LogP contribution in [0.1, 0.15) is 19.4 Å². The molecule has 2 nitrogen and oxygen atoms in total. The first-order valence-electron chi connectivity index (χ1n) is 3.43. The van der Waals surface area contributed by atoms with Crippen LogP contribution >= 0.6 is 0 Å². The molecule has 0 aliphatic rings. The molecule has 0 bridgehead atoms. The molecule has 0 aromatic carbocycles. The quantitative estimate of drug-likeness (QED) is 0.632. The molecule has 0 amide bonds. The lowest BCUT2D eigenvalue weighted by atomic mass is 10.4. The first kappa shape index (κ1) is 9.24. The molecule has 1 aromatic rings. The van der Waals surface area contributed by atoms with E-state index in [0.717, 1.165) is 5.56 Å². The SMILES string of the molecule is CC.COCc1ccoc1. The predicted octanol–water partition coefficient (Wildman–Crippen LogP) is 2.45. The smallest absolute Gasteiger partial charge is 0.0957 e. The van der Waals surface area contributed by atoms with E-state index >= 15 is 0 Å². The van der Waals surface area contributed by atoms with Crippen LogP contribution in [-0.4, -0.2) is 7.11 Å². The van der Waals surface area contributed by atoms with Gasteiger partial charge in [0.2, 0.25) is 0 Å². The Kier molecular flexibility index (Phi) is 5.88. The molecule has 0 atom stereocenters. The number of ether oxygens (including phenoxy) is 1. The average molecular weight is 142 g/mol. The molecule has 1 rings (SSSR count). The Morgan fingerprint density at radius 2 is 2.20 bits per heavy atom. The van der Waals surface area contributed by atoms with E-state index in [9.17, 15) is 0 Å². The molecule has 0 radical (unpaired) electrons. The Morgan fingerprint density at radius 3 is 2.60 bits per heavy atom. The highest BCUT2D eigenvalue weighted by Gasteiger charge is 1.88. The highest BCUT2D eigenvalue weighted by Crippen LogP contribution is 1.99. The van der Waals surface area contributed by atoms with E-state index < -0.39 is 0 Å². The molecule has 0 saturated heterocycles. The fourth-order valence-corrected chi connectivity index (χ4v) is 0.541. The third-order valence-corrected chi connectivity index (χ3v) is 0.891. The molecule has 0 unspecified atom stereocenters. The minimum Gasteiger partial charge on any atom is -0.472 e. The lowest BCUT2D eigenvalue weighted by molar-refractivity contribution is 0.184. The molecule has 0 saturated carbocycles. The van der Waals surface area contributed by atoms with Crippen LogP contribution < -0.4 is 0 Å². The minimum absolute atomic E-state index is 0.635. The zero-order chi connectivity index (χ0) is 7.82. The van der Waals surface area contributed by atoms with Crippen molar-refractivity contribution in [1.29, 1.82) is 0 Å². The van der Waals surface area contributed by atoms with Gasteiger partial charge in [-0.15, -0.1) is 0 Å². The van der Waals surface area contributed by atoms with Gasteiger partial charge >= 0.3 is 0 Å². The second-order valence-corrected chi connectivity index (χ2v) is 1.56. The summed E-state index contributed by atoms with van der Waals surface area (Å²) in [6.45, 7) is 4.64. The summed E-state index contributed by atoms with van der Waals surface area (Å²) in [5.74, 6) is 0. The Hall–Kier alpha value is -0.760. The number of hydrogen-bond acceptors (Lipinski definition) is 2. The van der Waals surface area contributed by atoms with Gasteiger partial charge in [-0.3, -0.25) is 0 Å². The summed E-state index contributed by atoms with van der Waals surface area (Å²) in [6.07, 6.45) is 3.30. The summed E-state index contributed by atoms with van der Waals surface area (Å²) < 4.78 is 9.61. The lowest BCUT2D eigenvalue weighted by Crippen LogP contribution is -1.80. The summed E-state index contributed by atoms with van der Waals surface area (Å²) in [5.41, 5.74) is 1.08. The van der Waals surface area contributed by atoms with Gasteiger partial charge in [0.25, 0.3) is 0 Å². The number of rotatable bonds is 2. The lowest BCUT2D eigenvalue weighted by Gasteiger charge is -1.88. The van der Waals surface area contributed by atoms with Crippen molar-refractivity contribution < 1.29 is 9.15 Å². The van der Waals surface area contributed by atoms with Gasteiger partial charge in [0, 0.05) is 12.7 Å². The monoisotopic (exact) mass is 142 g/mol. The van der Waals surface area contributed by atoms with E-state index in [1.807, 2.05) is 19.9 Å². The van der Waals surface area contributed by atoms with Gasteiger partial charge in [0.1, 0.15) is 0 Å². The second kappa shape index (κ2) is 6.36. The molecular formula is C8H14O2. The topological polar surface area (TPSA) is 22.4 Å². The van der Waals surface area contributed by atoms with Crippen molar-refractivity contribution in [2.75, 3.05) is 7.11 Å². The van der Waals surface area contributed by atoms with Crippen LogP contribution in [0.15, 0.2) is 23.0 Å². The fraction of sp³-hybridized carbons (Fsp3) is 0.500. The van der Waals surface area contributed by atoms with Gasteiger partial charge in [-0.1, -0.05) is 13.8 Å². The minimum atomic E-state index is 0.635. The molecule has 0 spiro atoms. The van der Waals surface area contributed by atoms with E-state index in [1.165, 1.54) is 0 Å². The van der Waals surface area contributed by atoms with E-state index in [0.29, 0.717) is 6.61 Å². The van der Waals surface area contributed by atoms with Crippen molar-refractivity contribution in [2.45, 2.75) is 20.5 Å². The summed E-state index contributed by atoms with van der Waals surface area (Å²) >= 11 is 0. The molecule has 0 N–H and O–H groups in total. The Balaban J connectivity index is 0.000000371. The summed E-state index contributed by atoms with van der Waals surface area (Å²) in [4.78, 5) is 0. The molecule has 0 fully saturated rings. The van der Waals surface area contributed by atoms with Crippen molar-refractivity contribution in [3.8, 4) is 0 Å². The van der Waals surface area contributed by atoms with E-state index in [2.05, 4.69) is 0 Å². The zero-order valence-corrected chi connectivity index (χ0v) is 6.76. The molecule has 2 heteroatoms. The molecule has 1 heterocycles. The maximum absolute atomic E-state index is 4.83. The maximum Gasteiger partial charge on any atom is 0.0957 e.